The van der Waals surface area contributed by atoms with Crippen LogP contribution in [0.2, 0.25) is 0 Å². The van der Waals surface area contributed by atoms with Crippen LogP contribution in [0.1, 0.15) is 33.1 Å². The molecule has 84 valence electrons. The number of ketones is 2. The summed E-state index contributed by atoms with van der Waals surface area (Å²) >= 11 is 0. The predicted molar refractivity (Wildman–Crippen MR) is 53.2 cm³/mol. The first-order chi connectivity index (χ1) is 6.90. The molecule has 0 radical (unpaired) electrons. The van der Waals surface area contributed by atoms with Gasteiger partial charge >= 0.3 is 5.97 Å². The number of carbonyl (C=O) groups is 3. The molecule has 0 N–H and O–H groups in total. The Kier molecular flexibility index (Phi) is 3.27. The second-order valence-electron chi connectivity index (χ2n) is 4.55. The van der Waals surface area contributed by atoms with E-state index < -0.39 is 23.1 Å². The van der Waals surface area contributed by atoms with Gasteiger partial charge in [-0.1, -0.05) is 20.3 Å². The van der Waals surface area contributed by atoms with E-state index in [1.807, 2.05) is 13.8 Å². The van der Waals surface area contributed by atoms with Crippen molar-refractivity contribution in [1.82, 2.24) is 0 Å². The molecule has 1 fully saturated rings. The van der Waals surface area contributed by atoms with E-state index in [1.54, 1.807) is 0 Å². The highest BCUT2D eigenvalue weighted by Crippen LogP contribution is 2.35. The van der Waals surface area contributed by atoms with Crippen molar-refractivity contribution in [3.63, 3.8) is 0 Å². The van der Waals surface area contributed by atoms with Gasteiger partial charge in [0.15, 0.2) is 0 Å². The van der Waals surface area contributed by atoms with Gasteiger partial charge in [-0.25, -0.2) is 4.79 Å². The number of rotatable bonds is 2. The van der Waals surface area contributed by atoms with Gasteiger partial charge in [0.25, 0.3) is 0 Å². The van der Waals surface area contributed by atoms with Gasteiger partial charge in [-0.15, -0.1) is 0 Å². The maximum atomic E-state index is 11.9. The van der Waals surface area contributed by atoms with Crippen LogP contribution in [-0.4, -0.2) is 24.6 Å². The zero-order chi connectivity index (χ0) is 11.6. The smallest absolute Gasteiger partial charge is 0.375 e. The third-order valence-electron chi connectivity index (χ3n) is 2.98. The summed E-state index contributed by atoms with van der Waals surface area (Å²) < 4.78 is 4.34. The predicted octanol–water partition coefficient (Wildman–Crippen LogP) is 1.12. The lowest BCUT2D eigenvalue weighted by Gasteiger charge is -2.32. The van der Waals surface area contributed by atoms with E-state index in [9.17, 15) is 14.4 Å². The lowest BCUT2D eigenvalue weighted by molar-refractivity contribution is -0.157. The Hall–Kier alpha value is -1.19. The molecule has 0 spiro atoms. The fourth-order valence-corrected chi connectivity index (χ4v) is 1.97. The van der Waals surface area contributed by atoms with Crippen molar-refractivity contribution in [3.05, 3.63) is 0 Å². The molecule has 0 amide bonds. The second-order valence-corrected chi connectivity index (χ2v) is 4.55. The minimum atomic E-state index is -0.911. The Morgan fingerprint density at radius 1 is 1.40 bits per heavy atom. The first kappa shape index (κ1) is 11.9. The van der Waals surface area contributed by atoms with Crippen LogP contribution in [0.5, 0.6) is 0 Å². The highest BCUT2D eigenvalue weighted by atomic mass is 16.5. The van der Waals surface area contributed by atoms with Crippen LogP contribution in [0, 0.1) is 11.3 Å². The minimum Gasteiger partial charge on any atom is -0.463 e. The summed E-state index contributed by atoms with van der Waals surface area (Å²) in [7, 11) is 1.15. The number of hydrogen-bond acceptors (Lipinski definition) is 4. The number of methoxy groups -OCH3 is 1. The molecule has 0 bridgehead atoms. The average molecular weight is 212 g/mol. The molecule has 1 saturated carbocycles. The van der Waals surface area contributed by atoms with E-state index in [2.05, 4.69) is 4.74 Å². The van der Waals surface area contributed by atoms with Crippen molar-refractivity contribution in [1.29, 1.82) is 0 Å². The van der Waals surface area contributed by atoms with Crippen LogP contribution in [0.25, 0.3) is 0 Å². The fourth-order valence-electron chi connectivity index (χ4n) is 1.97. The van der Waals surface area contributed by atoms with Crippen molar-refractivity contribution in [3.8, 4) is 0 Å². The maximum absolute atomic E-state index is 11.9. The number of esters is 1. The van der Waals surface area contributed by atoms with E-state index in [4.69, 9.17) is 0 Å². The molecular weight excluding hydrogens is 196 g/mol. The Balaban J connectivity index is 2.83. The van der Waals surface area contributed by atoms with Gasteiger partial charge in [-0.05, 0) is 12.8 Å². The molecule has 15 heavy (non-hydrogen) atoms. The summed E-state index contributed by atoms with van der Waals surface area (Å²) in [4.78, 5) is 34.5. The first-order valence-corrected chi connectivity index (χ1v) is 5.06. The number of ether oxygens (including phenoxy) is 1. The van der Waals surface area contributed by atoms with Gasteiger partial charge in [0.2, 0.25) is 5.78 Å². The molecule has 0 aliphatic heterocycles. The largest absolute Gasteiger partial charge is 0.463 e. The van der Waals surface area contributed by atoms with Gasteiger partial charge in [0, 0.05) is 5.41 Å². The van der Waals surface area contributed by atoms with Crippen LogP contribution in [0.15, 0.2) is 0 Å². The third-order valence-corrected chi connectivity index (χ3v) is 2.98. The molecule has 1 rings (SSSR count). The molecule has 0 aromatic heterocycles. The Labute approximate surface area is 89.0 Å². The topological polar surface area (TPSA) is 60.4 Å². The maximum Gasteiger partial charge on any atom is 0.375 e. The molecule has 1 unspecified atom stereocenters. The first-order valence-electron chi connectivity index (χ1n) is 5.06. The van der Waals surface area contributed by atoms with Crippen LogP contribution in [0.3, 0.4) is 0 Å². The highest BCUT2D eigenvalue weighted by Gasteiger charge is 2.42. The van der Waals surface area contributed by atoms with E-state index in [0.717, 1.165) is 20.0 Å². The summed E-state index contributed by atoms with van der Waals surface area (Å²) in [5, 5.41) is 0. The summed E-state index contributed by atoms with van der Waals surface area (Å²) in [6.45, 7) is 3.62. The van der Waals surface area contributed by atoms with E-state index in [-0.39, 0.29) is 5.78 Å². The van der Waals surface area contributed by atoms with Crippen molar-refractivity contribution in [2.24, 2.45) is 11.3 Å². The second kappa shape index (κ2) is 4.13. The summed E-state index contributed by atoms with van der Waals surface area (Å²) in [6.07, 6.45) is 2.04. The van der Waals surface area contributed by atoms with Crippen molar-refractivity contribution in [2.45, 2.75) is 33.1 Å². The van der Waals surface area contributed by atoms with Gasteiger partial charge in [-0.3, -0.25) is 9.59 Å². The zero-order valence-electron chi connectivity index (χ0n) is 9.33. The number of Topliss-reactive ketones (excluding diaryl/α,β-unsaturated/α-hetero) is 2. The van der Waals surface area contributed by atoms with E-state index >= 15 is 0 Å². The zero-order valence-corrected chi connectivity index (χ0v) is 9.33. The average Bonchev–Trinajstić information content (AvgIpc) is 2.20. The molecule has 0 aromatic rings. The van der Waals surface area contributed by atoms with Crippen LogP contribution < -0.4 is 0 Å². The van der Waals surface area contributed by atoms with Gasteiger partial charge in [0.1, 0.15) is 5.78 Å². The summed E-state index contributed by atoms with van der Waals surface area (Å²) in [5.41, 5.74) is -0.493. The molecular formula is C11H16O4. The Morgan fingerprint density at radius 2 is 2.00 bits per heavy atom. The van der Waals surface area contributed by atoms with Crippen LogP contribution >= 0.6 is 0 Å². The van der Waals surface area contributed by atoms with Gasteiger partial charge in [0.05, 0.1) is 13.0 Å². The monoisotopic (exact) mass is 212 g/mol. The Morgan fingerprint density at radius 3 is 2.53 bits per heavy atom. The SMILES string of the molecule is COC(=O)C(=O)C1CCCC(C)(C)C1=O. The highest BCUT2D eigenvalue weighted by molar-refractivity contribution is 6.38. The Bertz CT molecular complexity index is 304. The van der Waals surface area contributed by atoms with E-state index in [1.165, 1.54) is 0 Å². The van der Waals surface area contributed by atoms with Gasteiger partial charge in [-0.2, -0.15) is 0 Å². The fraction of sp³-hybridized carbons (Fsp3) is 0.727. The quantitative estimate of drug-likeness (QED) is 0.391. The lowest BCUT2D eigenvalue weighted by atomic mass is 9.70. The van der Waals surface area contributed by atoms with Crippen molar-refractivity contribution in [2.75, 3.05) is 7.11 Å². The molecule has 1 aliphatic carbocycles. The molecule has 0 aromatic carbocycles. The standard InChI is InChI=1S/C11H16O4/c1-11(2)6-4-5-7(9(11)13)8(12)10(14)15-3/h7H,4-6H2,1-3H3. The third kappa shape index (κ3) is 2.25. The normalized spacial score (nSPS) is 24.7. The molecule has 4 heteroatoms. The lowest BCUT2D eigenvalue weighted by Crippen LogP contribution is -2.41. The van der Waals surface area contributed by atoms with Gasteiger partial charge < -0.3 is 4.74 Å². The minimum absolute atomic E-state index is 0.135. The van der Waals surface area contributed by atoms with Crippen molar-refractivity contribution < 1.29 is 19.1 Å². The van der Waals surface area contributed by atoms with Crippen molar-refractivity contribution >= 4 is 17.5 Å². The van der Waals surface area contributed by atoms with Crippen LogP contribution in [0.4, 0.5) is 0 Å². The molecule has 1 atom stereocenters. The summed E-state index contributed by atoms with van der Waals surface area (Å²) in [6, 6.07) is 0. The summed E-state index contributed by atoms with van der Waals surface area (Å²) in [5.74, 6) is -2.54. The van der Waals surface area contributed by atoms with Crippen LogP contribution in [-0.2, 0) is 19.1 Å². The van der Waals surface area contributed by atoms with E-state index in [0.29, 0.717) is 6.42 Å². The molecule has 0 heterocycles. The number of carbonyl (C=O) groups excluding carboxylic acids is 3. The molecule has 1 aliphatic rings. The number of hydrogen-bond donors (Lipinski definition) is 0. The molecule has 4 nitrogen and oxygen atoms in total. The molecule has 0 saturated heterocycles.